The van der Waals surface area contributed by atoms with E-state index in [0.717, 1.165) is 16.9 Å². The smallest absolute Gasteiger partial charge is 0.466 e. The Labute approximate surface area is 137 Å². The van der Waals surface area contributed by atoms with Crippen LogP contribution in [0.3, 0.4) is 0 Å². The molecule has 0 radical (unpaired) electrons. The molecule has 6 heteroatoms. The number of hydrogen-bond acceptors (Lipinski definition) is 3. The maximum atomic E-state index is 10.9. The van der Waals surface area contributed by atoms with Gasteiger partial charge in [0.2, 0.25) is 0 Å². The highest BCUT2D eigenvalue weighted by atomic mass is 31.2. The molecule has 0 aliphatic heterocycles. The Morgan fingerprint density at radius 3 is 1.96 bits per heavy atom. The molecule has 5 nitrogen and oxygen atoms in total. The van der Waals surface area contributed by atoms with E-state index in [1.165, 1.54) is 25.7 Å². The fourth-order valence-electron chi connectivity index (χ4n) is 3.31. The van der Waals surface area contributed by atoms with Crippen molar-refractivity contribution in [2.45, 2.75) is 51.4 Å². The summed E-state index contributed by atoms with van der Waals surface area (Å²) in [6, 6.07) is 6.21. The molecule has 2 N–H and O–H groups in total. The summed E-state index contributed by atoms with van der Waals surface area (Å²) in [5.74, 6) is 2.93. The van der Waals surface area contributed by atoms with Gasteiger partial charge in [-0.25, -0.2) is 9.09 Å². The van der Waals surface area contributed by atoms with E-state index in [-0.39, 0.29) is 0 Å². The van der Waals surface area contributed by atoms with E-state index < -0.39 is 14.6 Å². The minimum Gasteiger partial charge on any atom is -0.466 e. The van der Waals surface area contributed by atoms with Crippen LogP contribution >= 0.6 is 7.82 Å². The first kappa shape index (κ1) is 17.0. The van der Waals surface area contributed by atoms with Gasteiger partial charge in [0.15, 0.2) is 6.79 Å². The lowest BCUT2D eigenvalue weighted by Crippen LogP contribution is -2.10. The van der Waals surface area contributed by atoms with Crippen molar-refractivity contribution in [2.24, 2.45) is 11.8 Å². The number of para-hydroxylation sites is 1. The Bertz CT molecular complexity index is 567. The van der Waals surface area contributed by atoms with Crippen LogP contribution < -0.4 is 4.74 Å². The van der Waals surface area contributed by atoms with Gasteiger partial charge < -0.3 is 14.5 Å². The summed E-state index contributed by atoms with van der Waals surface area (Å²) < 4.78 is 21.1. The lowest BCUT2D eigenvalue weighted by atomic mass is 9.88. The maximum Gasteiger partial charge on any atom is 0.472 e. The SMILES string of the molecule is CC(c1cccc([C@@H](C)C2CC2)c1OCOP(=O)(O)O)C1CC1. The molecule has 2 aliphatic rings. The molecule has 2 saturated carbocycles. The molecule has 3 rings (SSSR count). The van der Waals surface area contributed by atoms with E-state index in [1.807, 2.05) is 0 Å². The quantitative estimate of drug-likeness (QED) is 0.549. The first-order valence-electron chi connectivity index (χ1n) is 8.32. The van der Waals surface area contributed by atoms with Crippen LogP contribution in [-0.4, -0.2) is 16.6 Å². The van der Waals surface area contributed by atoms with E-state index in [1.54, 1.807) is 0 Å². The second-order valence-electron chi connectivity index (χ2n) is 6.90. The average Bonchev–Trinajstić information content (AvgIpc) is 3.38. The van der Waals surface area contributed by atoms with Crippen LogP contribution in [0.15, 0.2) is 18.2 Å². The predicted octanol–water partition coefficient (Wildman–Crippen LogP) is 4.16. The molecule has 0 aromatic heterocycles. The lowest BCUT2D eigenvalue weighted by molar-refractivity contribution is 0.0807. The largest absolute Gasteiger partial charge is 0.472 e. The predicted molar refractivity (Wildman–Crippen MR) is 87.3 cm³/mol. The Kier molecular flexibility index (Phi) is 4.84. The van der Waals surface area contributed by atoms with Gasteiger partial charge in [0.1, 0.15) is 5.75 Å². The van der Waals surface area contributed by atoms with E-state index >= 15 is 0 Å². The molecule has 0 spiro atoms. The van der Waals surface area contributed by atoms with Crippen molar-refractivity contribution in [1.29, 1.82) is 0 Å². The lowest BCUT2D eigenvalue weighted by Gasteiger charge is -2.23. The first-order chi connectivity index (χ1) is 10.9. The van der Waals surface area contributed by atoms with Gasteiger partial charge in [0.05, 0.1) is 0 Å². The molecule has 1 aromatic carbocycles. The molecule has 2 fully saturated rings. The van der Waals surface area contributed by atoms with Crippen LogP contribution in [0.25, 0.3) is 0 Å². The number of hydrogen-bond donors (Lipinski definition) is 2. The van der Waals surface area contributed by atoms with E-state index in [0.29, 0.717) is 23.7 Å². The van der Waals surface area contributed by atoms with Crippen molar-refractivity contribution < 1.29 is 23.6 Å². The fourth-order valence-corrected chi connectivity index (χ4v) is 3.50. The molecule has 2 atom stereocenters. The fraction of sp³-hybridized carbons (Fsp3) is 0.647. The highest BCUT2D eigenvalue weighted by Crippen LogP contribution is 2.50. The number of phosphoric ester groups is 1. The zero-order chi connectivity index (χ0) is 16.6. The van der Waals surface area contributed by atoms with Gasteiger partial charge in [-0.1, -0.05) is 32.0 Å². The molecule has 1 aromatic rings. The van der Waals surface area contributed by atoms with Crippen LogP contribution in [0, 0.1) is 11.8 Å². The molecule has 23 heavy (non-hydrogen) atoms. The van der Waals surface area contributed by atoms with Gasteiger partial charge in [-0.15, -0.1) is 0 Å². The zero-order valence-corrected chi connectivity index (χ0v) is 14.5. The van der Waals surface area contributed by atoms with Crippen molar-refractivity contribution in [1.82, 2.24) is 0 Å². The van der Waals surface area contributed by atoms with Gasteiger partial charge >= 0.3 is 7.82 Å². The van der Waals surface area contributed by atoms with E-state index in [2.05, 4.69) is 36.6 Å². The van der Waals surface area contributed by atoms with Crippen LogP contribution in [0.5, 0.6) is 5.75 Å². The summed E-state index contributed by atoms with van der Waals surface area (Å²) in [6.07, 6.45) is 4.95. The summed E-state index contributed by atoms with van der Waals surface area (Å²) in [5.41, 5.74) is 2.26. The third-order valence-corrected chi connectivity index (χ3v) is 5.58. The molecule has 0 amide bonds. The summed E-state index contributed by atoms with van der Waals surface area (Å²) >= 11 is 0. The third kappa shape index (κ3) is 4.36. The molecule has 2 aliphatic carbocycles. The monoisotopic (exact) mass is 340 g/mol. The minimum absolute atomic E-state index is 0.395. The Hall–Kier alpha value is -0.870. The van der Waals surface area contributed by atoms with Crippen LogP contribution in [-0.2, 0) is 9.09 Å². The number of benzene rings is 1. The van der Waals surface area contributed by atoms with Gasteiger partial charge in [-0.05, 0) is 60.5 Å². The van der Waals surface area contributed by atoms with Crippen molar-refractivity contribution in [3.8, 4) is 5.75 Å². The topological polar surface area (TPSA) is 76.0 Å². The van der Waals surface area contributed by atoms with Crippen LogP contribution in [0.4, 0.5) is 0 Å². The summed E-state index contributed by atoms with van der Waals surface area (Å²) in [6.45, 7) is 3.98. The molecule has 1 unspecified atom stereocenters. The maximum absolute atomic E-state index is 10.9. The van der Waals surface area contributed by atoms with Crippen LogP contribution in [0.2, 0.25) is 0 Å². The van der Waals surface area contributed by atoms with Crippen molar-refractivity contribution >= 4 is 7.82 Å². The van der Waals surface area contributed by atoms with Gasteiger partial charge in [0, 0.05) is 0 Å². The summed E-state index contributed by atoms with van der Waals surface area (Å²) in [7, 11) is -4.52. The van der Waals surface area contributed by atoms with Gasteiger partial charge in [0.25, 0.3) is 0 Å². The second-order valence-corrected chi connectivity index (χ2v) is 8.14. The Morgan fingerprint density at radius 1 is 1.09 bits per heavy atom. The molecule has 0 saturated heterocycles. The summed E-state index contributed by atoms with van der Waals surface area (Å²) in [4.78, 5) is 17.7. The highest BCUT2D eigenvalue weighted by Gasteiger charge is 2.34. The second kappa shape index (κ2) is 6.56. The molecule has 0 heterocycles. The molecular weight excluding hydrogens is 315 g/mol. The number of rotatable bonds is 8. The number of phosphoric acid groups is 1. The first-order valence-corrected chi connectivity index (χ1v) is 9.85. The van der Waals surface area contributed by atoms with E-state index in [4.69, 9.17) is 14.5 Å². The molecular formula is C17H25O5P. The Morgan fingerprint density at radius 2 is 1.57 bits per heavy atom. The molecule has 128 valence electrons. The highest BCUT2D eigenvalue weighted by molar-refractivity contribution is 7.46. The standard InChI is InChI=1S/C17H25O5P/c1-11(13-6-7-13)15-4-3-5-16(12(2)14-8-9-14)17(15)21-10-22-23(18,19)20/h3-5,11-14H,6-10H2,1-2H3,(H2,18,19,20)/t11-,12?/m0/s1. The minimum atomic E-state index is -4.52. The molecule has 0 bridgehead atoms. The van der Waals surface area contributed by atoms with Gasteiger partial charge in [-0.3, -0.25) is 0 Å². The number of ether oxygens (including phenoxy) is 1. The third-order valence-electron chi connectivity index (χ3n) is 5.14. The van der Waals surface area contributed by atoms with Crippen LogP contribution in [0.1, 0.15) is 62.5 Å². The van der Waals surface area contributed by atoms with Gasteiger partial charge in [-0.2, -0.15) is 0 Å². The van der Waals surface area contributed by atoms with E-state index in [9.17, 15) is 4.57 Å². The van der Waals surface area contributed by atoms with Crippen molar-refractivity contribution in [2.75, 3.05) is 6.79 Å². The van der Waals surface area contributed by atoms with Crippen molar-refractivity contribution in [3.05, 3.63) is 29.3 Å². The normalized spacial score (nSPS) is 21.0. The Balaban J connectivity index is 1.85. The average molecular weight is 340 g/mol. The summed E-state index contributed by atoms with van der Waals surface area (Å²) in [5, 5.41) is 0. The van der Waals surface area contributed by atoms with Crippen molar-refractivity contribution in [3.63, 3.8) is 0 Å². The zero-order valence-electron chi connectivity index (χ0n) is 13.6.